The van der Waals surface area contributed by atoms with Gasteiger partial charge in [-0.15, -0.1) is 0 Å². The first kappa shape index (κ1) is 17.9. The molecule has 25 heavy (non-hydrogen) atoms. The van der Waals surface area contributed by atoms with Crippen molar-refractivity contribution in [1.29, 1.82) is 0 Å². The fraction of sp³-hybridized carbons (Fsp3) is 0.176. The molecule has 2 aromatic carbocycles. The van der Waals surface area contributed by atoms with Crippen LogP contribution in [0.25, 0.3) is 0 Å². The van der Waals surface area contributed by atoms with Crippen molar-refractivity contribution >= 4 is 17.5 Å². The lowest BCUT2D eigenvalue weighted by Gasteiger charge is -2.10. The molecule has 0 aliphatic carbocycles. The van der Waals surface area contributed by atoms with Crippen LogP contribution >= 0.6 is 0 Å². The average molecular weight is 343 g/mol. The molecule has 8 nitrogen and oxygen atoms in total. The average Bonchev–Trinajstić information content (AvgIpc) is 2.60. The molecule has 0 aromatic heterocycles. The Morgan fingerprint density at radius 2 is 1.80 bits per heavy atom. The zero-order chi connectivity index (χ0) is 18.4. The molecule has 0 fully saturated rings. The number of ether oxygens (including phenoxy) is 1. The lowest BCUT2D eigenvalue weighted by Crippen LogP contribution is -2.41. The predicted octanol–water partition coefficient (Wildman–Crippen LogP) is 2.38. The zero-order valence-electron chi connectivity index (χ0n) is 13.7. The highest BCUT2D eigenvalue weighted by molar-refractivity contribution is 6.00. The number of nitro groups is 1. The molecule has 2 amide bonds. The van der Waals surface area contributed by atoms with Crippen molar-refractivity contribution in [2.24, 2.45) is 0 Å². The number of aryl methyl sites for hydroxylation is 1. The Labute approximate surface area is 143 Å². The third kappa shape index (κ3) is 4.31. The number of nitrogens with zero attached hydrogens (tertiary/aromatic N) is 1. The van der Waals surface area contributed by atoms with Gasteiger partial charge in [-0.1, -0.05) is 18.2 Å². The van der Waals surface area contributed by atoms with Crippen LogP contribution in [0.4, 0.5) is 5.69 Å². The van der Waals surface area contributed by atoms with Gasteiger partial charge in [0.15, 0.2) is 5.75 Å². The number of hydrogen-bond donors (Lipinski definition) is 2. The molecule has 0 spiro atoms. The van der Waals surface area contributed by atoms with E-state index in [2.05, 4.69) is 10.9 Å². The summed E-state index contributed by atoms with van der Waals surface area (Å²) in [5.41, 5.74) is 5.41. The number of carbonyl (C=O) groups excluding carboxylic acids is 2. The third-order valence-electron chi connectivity index (χ3n) is 3.40. The van der Waals surface area contributed by atoms with Crippen LogP contribution in [-0.4, -0.2) is 23.3 Å². The number of carbonyl (C=O) groups is 2. The minimum atomic E-state index is -0.673. The molecular weight excluding hydrogens is 326 g/mol. The summed E-state index contributed by atoms with van der Waals surface area (Å²) >= 11 is 0. The second-order valence-electron chi connectivity index (χ2n) is 5.10. The normalized spacial score (nSPS) is 10.0. The molecule has 0 saturated heterocycles. The van der Waals surface area contributed by atoms with Crippen LogP contribution in [0, 0.1) is 17.0 Å². The summed E-state index contributed by atoms with van der Waals surface area (Å²) in [6, 6.07) is 10.7. The van der Waals surface area contributed by atoms with Crippen LogP contribution < -0.4 is 15.6 Å². The van der Waals surface area contributed by atoms with Gasteiger partial charge in [0.2, 0.25) is 0 Å². The Bertz CT molecular complexity index is 820. The van der Waals surface area contributed by atoms with Gasteiger partial charge in [-0.25, -0.2) is 0 Å². The summed E-state index contributed by atoms with van der Waals surface area (Å²) in [4.78, 5) is 34.6. The molecule has 2 N–H and O–H groups in total. The summed E-state index contributed by atoms with van der Waals surface area (Å²) in [7, 11) is 0. The topological polar surface area (TPSA) is 111 Å². The molecule has 0 saturated carbocycles. The molecule has 8 heteroatoms. The summed E-state index contributed by atoms with van der Waals surface area (Å²) in [6.07, 6.45) is 0. The fourth-order valence-electron chi connectivity index (χ4n) is 2.16. The summed E-state index contributed by atoms with van der Waals surface area (Å²) in [5, 5.41) is 11.1. The molecular formula is C17H17N3O5. The fourth-order valence-corrected chi connectivity index (χ4v) is 2.16. The van der Waals surface area contributed by atoms with Gasteiger partial charge in [0.1, 0.15) is 0 Å². The maximum atomic E-state index is 12.1. The number of amides is 2. The van der Waals surface area contributed by atoms with Gasteiger partial charge >= 0.3 is 5.69 Å². The second-order valence-corrected chi connectivity index (χ2v) is 5.10. The summed E-state index contributed by atoms with van der Waals surface area (Å²) in [5.74, 6) is -1.08. The van der Waals surface area contributed by atoms with Crippen LogP contribution in [0.5, 0.6) is 5.75 Å². The summed E-state index contributed by atoms with van der Waals surface area (Å²) < 4.78 is 5.16. The molecule has 130 valence electrons. The van der Waals surface area contributed by atoms with Crippen molar-refractivity contribution in [3.63, 3.8) is 0 Å². The molecule has 0 radical (unpaired) electrons. The number of hydrazine groups is 1. The van der Waals surface area contributed by atoms with E-state index < -0.39 is 16.7 Å². The first-order chi connectivity index (χ1) is 11.9. The van der Waals surface area contributed by atoms with E-state index in [-0.39, 0.29) is 23.6 Å². The lowest BCUT2D eigenvalue weighted by molar-refractivity contribution is -0.385. The van der Waals surface area contributed by atoms with Crippen LogP contribution in [0.15, 0.2) is 42.5 Å². The van der Waals surface area contributed by atoms with E-state index in [1.807, 2.05) is 0 Å². The SMILES string of the molecule is CCOc1ccc(C(=O)NNC(=O)c2ccccc2C)cc1[N+](=O)[O-]. The van der Waals surface area contributed by atoms with Crippen molar-refractivity contribution in [3.8, 4) is 5.75 Å². The van der Waals surface area contributed by atoms with E-state index in [0.29, 0.717) is 5.56 Å². The monoisotopic (exact) mass is 343 g/mol. The van der Waals surface area contributed by atoms with Crippen LogP contribution in [-0.2, 0) is 0 Å². The van der Waals surface area contributed by atoms with Crippen LogP contribution in [0.3, 0.4) is 0 Å². The van der Waals surface area contributed by atoms with Crippen LogP contribution in [0.1, 0.15) is 33.2 Å². The van der Waals surface area contributed by atoms with E-state index in [1.165, 1.54) is 12.1 Å². The van der Waals surface area contributed by atoms with Gasteiger partial charge in [-0.2, -0.15) is 0 Å². The Balaban J connectivity index is 2.11. The Morgan fingerprint density at radius 3 is 2.44 bits per heavy atom. The van der Waals surface area contributed by atoms with Crippen molar-refractivity contribution < 1.29 is 19.2 Å². The van der Waals surface area contributed by atoms with E-state index >= 15 is 0 Å². The third-order valence-corrected chi connectivity index (χ3v) is 3.40. The number of hydrogen-bond acceptors (Lipinski definition) is 5. The zero-order valence-corrected chi connectivity index (χ0v) is 13.7. The largest absolute Gasteiger partial charge is 0.487 e. The van der Waals surface area contributed by atoms with Crippen molar-refractivity contribution in [2.75, 3.05) is 6.61 Å². The molecule has 0 atom stereocenters. The minimum absolute atomic E-state index is 0.0280. The highest BCUT2D eigenvalue weighted by Crippen LogP contribution is 2.27. The first-order valence-corrected chi connectivity index (χ1v) is 7.51. The van der Waals surface area contributed by atoms with E-state index in [4.69, 9.17) is 4.74 Å². The van der Waals surface area contributed by atoms with Gasteiger partial charge in [0.05, 0.1) is 11.5 Å². The smallest absolute Gasteiger partial charge is 0.311 e. The standard InChI is InChI=1S/C17H17N3O5/c1-3-25-15-9-8-12(10-14(15)20(23)24)16(21)18-19-17(22)13-7-5-4-6-11(13)2/h4-10H,3H2,1-2H3,(H,18,21)(H,19,22). The predicted molar refractivity (Wildman–Crippen MR) is 90.4 cm³/mol. The highest BCUT2D eigenvalue weighted by atomic mass is 16.6. The van der Waals surface area contributed by atoms with Gasteiger partial charge in [-0.05, 0) is 37.6 Å². The van der Waals surface area contributed by atoms with Gasteiger partial charge in [0.25, 0.3) is 11.8 Å². The molecule has 0 aliphatic heterocycles. The number of benzene rings is 2. The van der Waals surface area contributed by atoms with Crippen molar-refractivity contribution in [2.45, 2.75) is 13.8 Å². The minimum Gasteiger partial charge on any atom is -0.487 e. The highest BCUT2D eigenvalue weighted by Gasteiger charge is 2.19. The maximum absolute atomic E-state index is 12.1. The Morgan fingerprint density at radius 1 is 1.12 bits per heavy atom. The van der Waals surface area contributed by atoms with E-state index in [0.717, 1.165) is 11.6 Å². The molecule has 0 unspecified atom stereocenters. The number of nitro benzene ring substituents is 1. The van der Waals surface area contributed by atoms with E-state index in [9.17, 15) is 19.7 Å². The van der Waals surface area contributed by atoms with Gasteiger partial charge < -0.3 is 4.74 Å². The van der Waals surface area contributed by atoms with E-state index in [1.54, 1.807) is 38.1 Å². The Kier molecular flexibility index (Phi) is 5.67. The van der Waals surface area contributed by atoms with Crippen molar-refractivity contribution in [3.05, 3.63) is 69.3 Å². The quantitative estimate of drug-likeness (QED) is 0.639. The second kappa shape index (κ2) is 7.91. The molecule has 0 aliphatic rings. The van der Waals surface area contributed by atoms with Crippen LogP contribution in [0.2, 0.25) is 0 Å². The maximum Gasteiger partial charge on any atom is 0.311 e. The van der Waals surface area contributed by atoms with Gasteiger partial charge in [-0.3, -0.25) is 30.6 Å². The first-order valence-electron chi connectivity index (χ1n) is 7.51. The number of rotatable bonds is 5. The molecule has 2 aromatic rings. The number of nitrogens with one attached hydrogen (secondary N) is 2. The lowest BCUT2D eigenvalue weighted by atomic mass is 10.1. The molecule has 2 rings (SSSR count). The Hall–Kier alpha value is -3.42. The van der Waals surface area contributed by atoms with Crippen molar-refractivity contribution in [1.82, 2.24) is 10.9 Å². The molecule has 0 heterocycles. The van der Waals surface area contributed by atoms with Gasteiger partial charge in [0, 0.05) is 17.2 Å². The molecule has 0 bridgehead atoms. The summed E-state index contributed by atoms with van der Waals surface area (Å²) in [6.45, 7) is 3.73.